The summed E-state index contributed by atoms with van der Waals surface area (Å²) in [5, 5.41) is 12.1. The van der Waals surface area contributed by atoms with Crippen LogP contribution in [0.5, 0.6) is 0 Å². The van der Waals surface area contributed by atoms with Crippen LogP contribution < -0.4 is 5.32 Å². The number of rotatable bonds is 21. The van der Waals surface area contributed by atoms with Gasteiger partial charge in [-0.1, -0.05) is 90.4 Å². The molecule has 0 unspecified atom stereocenters. The molecule has 31 heavy (non-hydrogen) atoms. The van der Waals surface area contributed by atoms with Gasteiger partial charge < -0.3 is 10.4 Å². The Morgan fingerprint density at radius 2 is 1.16 bits per heavy atom. The first-order chi connectivity index (χ1) is 15.1. The predicted molar refractivity (Wildman–Crippen MR) is 131 cm³/mol. The zero-order valence-electron chi connectivity index (χ0n) is 19.8. The summed E-state index contributed by atoms with van der Waals surface area (Å²) in [7, 11) is 0. The number of anilines is 1. The van der Waals surface area contributed by atoms with Gasteiger partial charge in [-0.3, -0.25) is 9.59 Å². The molecule has 0 spiro atoms. The maximum atomic E-state index is 12.0. The minimum atomic E-state index is -0.851. The third-order valence-corrected chi connectivity index (χ3v) is 5.86. The topological polar surface area (TPSA) is 66.4 Å². The van der Waals surface area contributed by atoms with Crippen molar-refractivity contribution in [1.82, 2.24) is 0 Å². The predicted octanol–water partition coefficient (Wildman–Crippen LogP) is 8.02. The molecule has 0 radical (unpaired) electrons. The van der Waals surface area contributed by atoms with Crippen LogP contribution >= 0.6 is 0 Å². The number of carboxylic acids is 1. The lowest BCUT2D eigenvalue weighted by molar-refractivity contribution is -0.137. The number of ketones is 1. The molecule has 1 aromatic rings. The van der Waals surface area contributed by atoms with Crippen molar-refractivity contribution in [3.05, 3.63) is 29.8 Å². The Morgan fingerprint density at radius 3 is 1.65 bits per heavy atom. The van der Waals surface area contributed by atoms with E-state index in [1.165, 1.54) is 89.9 Å². The normalized spacial score (nSPS) is 10.9. The summed E-state index contributed by atoms with van der Waals surface area (Å²) in [4.78, 5) is 22.6. The van der Waals surface area contributed by atoms with Gasteiger partial charge in [0.15, 0.2) is 5.78 Å². The number of carbonyl (C=O) groups excluding carboxylic acids is 1. The fourth-order valence-corrected chi connectivity index (χ4v) is 3.87. The van der Waals surface area contributed by atoms with E-state index in [-0.39, 0.29) is 18.6 Å². The van der Waals surface area contributed by atoms with Crippen LogP contribution in [0.25, 0.3) is 0 Å². The van der Waals surface area contributed by atoms with E-state index in [2.05, 4.69) is 12.2 Å². The van der Waals surface area contributed by atoms with Crippen molar-refractivity contribution in [2.75, 3.05) is 11.9 Å². The van der Waals surface area contributed by atoms with Crippen molar-refractivity contribution in [3.63, 3.8) is 0 Å². The summed E-state index contributed by atoms with van der Waals surface area (Å²) >= 11 is 0. The van der Waals surface area contributed by atoms with Gasteiger partial charge in [-0.25, -0.2) is 0 Å². The number of aliphatic carboxylic acids is 1. The molecule has 0 aromatic heterocycles. The molecule has 1 aromatic carbocycles. The summed E-state index contributed by atoms with van der Waals surface area (Å²) in [5.41, 5.74) is 1.70. The van der Waals surface area contributed by atoms with Gasteiger partial charge in [0.2, 0.25) is 0 Å². The van der Waals surface area contributed by atoms with Crippen LogP contribution in [0.1, 0.15) is 126 Å². The summed E-state index contributed by atoms with van der Waals surface area (Å²) < 4.78 is 0. The molecule has 0 aliphatic rings. The Bertz CT molecular complexity index is 583. The van der Waals surface area contributed by atoms with Crippen LogP contribution in [-0.4, -0.2) is 23.4 Å². The molecule has 1 rings (SSSR count). The maximum Gasteiger partial charge on any atom is 0.303 e. The lowest BCUT2D eigenvalue weighted by Gasteiger charge is -2.07. The highest BCUT2D eigenvalue weighted by molar-refractivity contribution is 5.96. The van der Waals surface area contributed by atoms with Gasteiger partial charge in [0.1, 0.15) is 0 Å². The smallest absolute Gasteiger partial charge is 0.303 e. The van der Waals surface area contributed by atoms with E-state index in [0.29, 0.717) is 12.0 Å². The van der Waals surface area contributed by atoms with Crippen molar-refractivity contribution in [3.8, 4) is 0 Å². The Hall–Kier alpha value is -1.84. The van der Waals surface area contributed by atoms with Gasteiger partial charge in [0.05, 0.1) is 0 Å². The van der Waals surface area contributed by atoms with Crippen LogP contribution in [0.2, 0.25) is 0 Å². The average molecular weight is 432 g/mol. The molecule has 4 heteroatoms. The minimum Gasteiger partial charge on any atom is -0.481 e. The minimum absolute atomic E-state index is 0.0137. The van der Waals surface area contributed by atoms with E-state index in [1.54, 1.807) is 0 Å². The van der Waals surface area contributed by atoms with Gasteiger partial charge >= 0.3 is 5.97 Å². The highest BCUT2D eigenvalue weighted by Gasteiger charge is 2.07. The Balaban J connectivity index is 1.94. The first-order valence-corrected chi connectivity index (χ1v) is 12.7. The first-order valence-electron chi connectivity index (χ1n) is 12.7. The molecule has 0 fully saturated rings. The fraction of sp³-hybridized carbons (Fsp3) is 0.704. The lowest BCUT2D eigenvalue weighted by atomic mass is 10.0. The summed E-state index contributed by atoms with van der Waals surface area (Å²) in [5.74, 6) is -0.837. The number of nitrogens with one attached hydrogen (secondary N) is 1. The molecule has 0 heterocycles. The molecule has 4 nitrogen and oxygen atoms in total. The lowest BCUT2D eigenvalue weighted by Crippen LogP contribution is -2.04. The summed E-state index contributed by atoms with van der Waals surface area (Å²) in [6, 6.07) is 7.54. The Morgan fingerprint density at radius 1 is 0.677 bits per heavy atom. The molecule has 0 saturated carbocycles. The number of hydrogen-bond acceptors (Lipinski definition) is 3. The second-order valence-corrected chi connectivity index (χ2v) is 8.77. The van der Waals surface area contributed by atoms with Gasteiger partial charge in [0, 0.05) is 30.6 Å². The summed E-state index contributed by atoms with van der Waals surface area (Å²) in [6.45, 7) is 3.24. The fourth-order valence-electron chi connectivity index (χ4n) is 3.87. The largest absolute Gasteiger partial charge is 0.481 e. The van der Waals surface area contributed by atoms with Crippen molar-refractivity contribution in [2.45, 2.75) is 116 Å². The second-order valence-electron chi connectivity index (χ2n) is 8.77. The van der Waals surface area contributed by atoms with E-state index in [4.69, 9.17) is 5.11 Å². The van der Waals surface area contributed by atoms with Crippen molar-refractivity contribution >= 4 is 17.4 Å². The standard InChI is InChI=1S/C27H45NO3/c1-2-3-4-5-6-7-8-9-10-11-12-13-14-15-23-28-25-21-19-24(20-22-25)26(29)17-16-18-27(30)31/h19-22,28H,2-18,23H2,1H3,(H,30,31). The van der Waals surface area contributed by atoms with Crippen LogP contribution in [0, 0.1) is 0 Å². The number of unbranched alkanes of at least 4 members (excludes halogenated alkanes) is 13. The monoisotopic (exact) mass is 431 g/mol. The van der Waals surface area contributed by atoms with Crippen molar-refractivity contribution < 1.29 is 14.7 Å². The third-order valence-electron chi connectivity index (χ3n) is 5.86. The van der Waals surface area contributed by atoms with Gasteiger partial charge in [0.25, 0.3) is 0 Å². The quantitative estimate of drug-likeness (QED) is 0.153. The van der Waals surface area contributed by atoms with Gasteiger partial charge in [-0.05, 0) is 37.1 Å². The van der Waals surface area contributed by atoms with Crippen LogP contribution in [0.3, 0.4) is 0 Å². The number of carbonyl (C=O) groups is 2. The van der Waals surface area contributed by atoms with E-state index < -0.39 is 5.97 Å². The SMILES string of the molecule is CCCCCCCCCCCCCCCCNc1ccc(C(=O)CCCC(=O)O)cc1. The van der Waals surface area contributed by atoms with E-state index in [1.807, 2.05) is 24.3 Å². The van der Waals surface area contributed by atoms with Crippen LogP contribution in [0.15, 0.2) is 24.3 Å². The molecule has 176 valence electrons. The molecule has 0 amide bonds. The Kier molecular flexibility index (Phi) is 16.6. The molecule has 0 atom stereocenters. The molecule has 0 bridgehead atoms. The van der Waals surface area contributed by atoms with Crippen LogP contribution in [-0.2, 0) is 4.79 Å². The van der Waals surface area contributed by atoms with Gasteiger partial charge in [-0.2, -0.15) is 0 Å². The number of carboxylic acid groups (broad SMARTS) is 1. The van der Waals surface area contributed by atoms with Crippen molar-refractivity contribution in [1.29, 1.82) is 0 Å². The number of hydrogen-bond donors (Lipinski definition) is 2. The molecular formula is C27H45NO3. The molecule has 0 aliphatic carbocycles. The second kappa shape index (κ2) is 18.9. The van der Waals surface area contributed by atoms with E-state index >= 15 is 0 Å². The molecule has 0 aliphatic heterocycles. The Labute approximate surface area is 190 Å². The maximum absolute atomic E-state index is 12.0. The average Bonchev–Trinajstić information content (AvgIpc) is 2.76. The van der Waals surface area contributed by atoms with E-state index in [0.717, 1.165) is 12.2 Å². The van der Waals surface area contributed by atoms with Crippen LogP contribution in [0.4, 0.5) is 5.69 Å². The zero-order chi connectivity index (χ0) is 22.6. The van der Waals surface area contributed by atoms with E-state index in [9.17, 15) is 9.59 Å². The third kappa shape index (κ3) is 15.6. The number of benzene rings is 1. The highest BCUT2D eigenvalue weighted by atomic mass is 16.4. The zero-order valence-corrected chi connectivity index (χ0v) is 19.8. The molecule has 2 N–H and O–H groups in total. The van der Waals surface area contributed by atoms with Crippen molar-refractivity contribution in [2.24, 2.45) is 0 Å². The highest BCUT2D eigenvalue weighted by Crippen LogP contribution is 2.15. The summed E-state index contributed by atoms with van der Waals surface area (Å²) in [6.07, 6.45) is 19.9. The number of Topliss-reactive ketones (excluding diaryl/α,β-unsaturated/α-hetero) is 1. The molecule has 0 saturated heterocycles. The van der Waals surface area contributed by atoms with Gasteiger partial charge in [-0.15, -0.1) is 0 Å². The first kappa shape index (κ1) is 27.2. The molecular weight excluding hydrogens is 386 g/mol.